The van der Waals surface area contributed by atoms with Gasteiger partial charge in [-0.25, -0.2) is 4.68 Å². The van der Waals surface area contributed by atoms with E-state index in [1.54, 1.807) is 0 Å². The molecule has 15 heteroatoms. The highest BCUT2D eigenvalue weighted by atomic mass is 16.7. The fraction of sp³-hybridized carbons (Fsp3) is 0.471. The van der Waals surface area contributed by atoms with Gasteiger partial charge in [-0.15, -0.1) is 5.10 Å². The summed E-state index contributed by atoms with van der Waals surface area (Å²) in [6.07, 6.45) is -4.55. The van der Waals surface area contributed by atoms with E-state index in [2.05, 4.69) is 20.8 Å². The Morgan fingerprint density at radius 2 is 2.16 bits per heavy atom. The SMILES string of the molecule is CNC(=O)c1cn([C@H]2[C@@H](O)[C@@H](CO)O[C@@H](Oc3ccc([N+](=O)[O-])cc3CN=O)[C@@H]2O)nn1. The minimum absolute atomic E-state index is 0.0317. The number of aliphatic hydroxyl groups excluding tert-OH is 3. The molecule has 1 aromatic heterocycles. The molecular weight excluding hydrogens is 432 g/mol. The number of amides is 1. The van der Waals surface area contributed by atoms with Crippen LogP contribution in [0.2, 0.25) is 0 Å². The fourth-order valence-electron chi connectivity index (χ4n) is 3.24. The molecular formula is C17H20N6O9. The van der Waals surface area contributed by atoms with Crippen molar-refractivity contribution in [3.63, 3.8) is 0 Å². The van der Waals surface area contributed by atoms with Gasteiger partial charge in [0.25, 0.3) is 11.6 Å². The van der Waals surface area contributed by atoms with Crippen molar-refractivity contribution in [3.8, 4) is 5.75 Å². The molecule has 1 amide bonds. The third-order valence-corrected chi connectivity index (χ3v) is 4.86. The molecule has 15 nitrogen and oxygen atoms in total. The van der Waals surface area contributed by atoms with E-state index in [4.69, 9.17) is 9.47 Å². The number of carbonyl (C=O) groups excluding carboxylic acids is 1. The molecule has 0 radical (unpaired) electrons. The summed E-state index contributed by atoms with van der Waals surface area (Å²) in [6, 6.07) is 2.20. The molecule has 0 spiro atoms. The van der Waals surface area contributed by atoms with Crippen LogP contribution in [-0.4, -0.2) is 79.4 Å². The molecule has 0 bridgehead atoms. The minimum atomic E-state index is -1.58. The van der Waals surface area contributed by atoms with Crippen LogP contribution in [0.3, 0.4) is 0 Å². The Kier molecular flexibility index (Phi) is 7.04. The van der Waals surface area contributed by atoms with Gasteiger partial charge in [-0.1, -0.05) is 10.4 Å². The van der Waals surface area contributed by atoms with Gasteiger partial charge in [0.05, 0.1) is 17.7 Å². The molecule has 1 aliphatic heterocycles. The molecule has 1 saturated heterocycles. The highest BCUT2D eigenvalue weighted by molar-refractivity contribution is 5.91. The summed E-state index contributed by atoms with van der Waals surface area (Å²) in [4.78, 5) is 32.8. The number of carbonyl (C=O) groups is 1. The van der Waals surface area contributed by atoms with Crippen molar-refractivity contribution in [2.24, 2.45) is 5.18 Å². The van der Waals surface area contributed by atoms with Crippen molar-refractivity contribution in [1.29, 1.82) is 0 Å². The molecule has 172 valence electrons. The van der Waals surface area contributed by atoms with Crippen molar-refractivity contribution in [1.82, 2.24) is 20.3 Å². The highest BCUT2D eigenvalue weighted by Gasteiger charge is 2.47. The van der Waals surface area contributed by atoms with Gasteiger partial charge in [0.15, 0.2) is 5.69 Å². The Labute approximate surface area is 179 Å². The van der Waals surface area contributed by atoms with Crippen LogP contribution in [0.5, 0.6) is 5.75 Å². The predicted octanol–water partition coefficient (Wildman–Crippen LogP) is -1.13. The van der Waals surface area contributed by atoms with Crippen LogP contribution in [0.15, 0.2) is 29.6 Å². The number of aliphatic hydroxyl groups is 3. The van der Waals surface area contributed by atoms with Crippen LogP contribution >= 0.6 is 0 Å². The number of ether oxygens (including phenoxy) is 2. The van der Waals surface area contributed by atoms with E-state index in [0.717, 1.165) is 16.8 Å². The minimum Gasteiger partial charge on any atom is -0.462 e. The second kappa shape index (κ2) is 9.73. The van der Waals surface area contributed by atoms with Gasteiger partial charge in [0.1, 0.15) is 36.6 Å². The highest BCUT2D eigenvalue weighted by Crippen LogP contribution is 2.33. The number of benzene rings is 1. The van der Waals surface area contributed by atoms with E-state index in [9.17, 15) is 35.1 Å². The van der Waals surface area contributed by atoms with Crippen molar-refractivity contribution in [3.05, 3.63) is 50.7 Å². The van der Waals surface area contributed by atoms with Crippen molar-refractivity contribution >= 4 is 11.6 Å². The zero-order valence-electron chi connectivity index (χ0n) is 16.6. The van der Waals surface area contributed by atoms with E-state index < -0.39 is 54.6 Å². The molecule has 0 unspecified atom stereocenters. The summed E-state index contributed by atoms with van der Waals surface area (Å²) in [5.41, 5.74) is -0.311. The Morgan fingerprint density at radius 3 is 2.78 bits per heavy atom. The van der Waals surface area contributed by atoms with Gasteiger partial charge < -0.3 is 30.1 Å². The molecule has 2 heterocycles. The Bertz CT molecular complexity index is 999. The lowest BCUT2D eigenvalue weighted by molar-refractivity contribution is -0.385. The second-order valence-corrected chi connectivity index (χ2v) is 6.81. The van der Waals surface area contributed by atoms with Crippen LogP contribution in [0.4, 0.5) is 5.69 Å². The number of rotatable bonds is 8. The number of hydrogen-bond donors (Lipinski definition) is 4. The third-order valence-electron chi connectivity index (χ3n) is 4.86. The molecule has 0 saturated carbocycles. The first kappa shape index (κ1) is 23.1. The average Bonchev–Trinajstić information content (AvgIpc) is 3.26. The van der Waals surface area contributed by atoms with Gasteiger partial charge in [-0.3, -0.25) is 14.9 Å². The number of non-ortho nitro benzene ring substituents is 1. The Balaban J connectivity index is 1.92. The van der Waals surface area contributed by atoms with Crippen LogP contribution in [0.25, 0.3) is 0 Å². The van der Waals surface area contributed by atoms with Crippen molar-refractivity contribution in [2.45, 2.75) is 37.2 Å². The molecule has 2 aromatic rings. The fourth-order valence-corrected chi connectivity index (χ4v) is 3.24. The summed E-state index contributed by atoms with van der Waals surface area (Å²) in [7, 11) is 1.39. The summed E-state index contributed by atoms with van der Waals surface area (Å²) >= 11 is 0. The molecule has 1 fully saturated rings. The Hall–Kier alpha value is -3.53. The van der Waals surface area contributed by atoms with Crippen LogP contribution in [0, 0.1) is 15.0 Å². The van der Waals surface area contributed by atoms with E-state index in [-0.39, 0.29) is 22.7 Å². The standard InChI is InChI=1S/C17H20N6O9/c1-18-16(27)10-6-22(21-20-10)13-14(25)12(7-24)32-17(15(13)26)31-11-3-2-9(23(29)30)4-8(11)5-19-28/h2-4,6,12-15,17,24-26H,5,7H2,1H3,(H,18,27)/t12-,13+,14+,15-,17-/m1/s1. The quantitative estimate of drug-likeness (QED) is 0.214. The number of nitrogens with zero attached hydrogens (tertiary/aromatic N) is 5. The predicted molar refractivity (Wildman–Crippen MR) is 103 cm³/mol. The largest absolute Gasteiger partial charge is 0.462 e. The lowest BCUT2D eigenvalue weighted by Crippen LogP contribution is -2.57. The zero-order valence-corrected chi connectivity index (χ0v) is 16.6. The van der Waals surface area contributed by atoms with E-state index in [1.807, 2.05) is 0 Å². The summed E-state index contributed by atoms with van der Waals surface area (Å²) < 4.78 is 12.1. The number of nitro benzene ring substituents is 1. The van der Waals surface area contributed by atoms with Gasteiger partial charge in [-0.2, -0.15) is 4.91 Å². The van der Waals surface area contributed by atoms with E-state index >= 15 is 0 Å². The molecule has 3 rings (SSSR count). The van der Waals surface area contributed by atoms with Crippen LogP contribution < -0.4 is 10.1 Å². The second-order valence-electron chi connectivity index (χ2n) is 6.81. The van der Waals surface area contributed by atoms with Gasteiger partial charge in [-0.05, 0) is 6.07 Å². The number of hydrogen-bond acceptors (Lipinski definition) is 12. The lowest BCUT2D eigenvalue weighted by Gasteiger charge is -2.41. The van der Waals surface area contributed by atoms with E-state index in [0.29, 0.717) is 0 Å². The van der Waals surface area contributed by atoms with Gasteiger partial charge in [0.2, 0.25) is 6.29 Å². The van der Waals surface area contributed by atoms with Gasteiger partial charge >= 0.3 is 0 Å². The maximum absolute atomic E-state index is 11.7. The number of nitroso groups, excluding NO2 is 1. The lowest BCUT2D eigenvalue weighted by atomic mass is 9.96. The molecule has 5 atom stereocenters. The normalized spacial score (nSPS) is 25.2. The maximum atomic E-state index is 11.7. The first-order valence-electron chi connectivity index (χ1n) is 9.30. The first-order valence-corrected chi connectivity index (χ1v) is 9.30. The number of nitrogens with one attached hydrogen (secondary N) is 1. The maximum Gasteiger partial charge on any atom is 0.273 e. The first-order chi connectivity index (χ1) is 15.3. The smallest absolute Gasteiger partial charge is 0.273 e. The molecule has 4 N–H and O–H groups in total. The third kappa shape index (κ3) is 4.54. The number of aromatic nitrogens is 3. The molecule has 1 aliphatic rings. The summed E-state index contributed by atoms with van der Waals surface area (Å²) in [5, 5.41) is 54.5. The van der Waals surface area contributed by atoms with Crippen molar-refractivity contribution < 1.29 is 34.5 Å². The van der Waals surface area contributed by atoms with Gasteiger partial charge in [0, 0.05) is 24.7 Å². The molecule has 1 aromatic carbocycles. The topological polar surface area (TPSA) is 212 Å². The van der Waals surface area contributed by atoms with E-state index in [1.165, 1.54) is 19.3 Å². The Morgan fingerprint density at radius 1 is 1.41 bits per heavy atom. The summed E-state index contributed by atoms with van der Waals surface area (Å²) in [5.74, 6) is -0.577. The molecule has 0 aliphatic carbocycles. The number of nitro groups is 1. The zero-order chi connectivity index (χ0) is 23.4. The van der Waals surface area contributed by atoms with Crippen molar-refractivity contribution in [2.75, 3.05) is 13.7 Å². The monoisotopic (exact) mass is 452 g/mol. The molecule has 32 heavy (non-hydrogen) atoms. The van der Waals surface area contributed by atoms with Crippen LogP contribution in [-0.2, 0) is 11.3 Å². The average molecular weight is 452 g/mol. The summed E-state index contributed by atoms with van der Waals surface area (Å²) in [6.45, 7) is -1.10. The van der Waals surface area contributed by atoms with Crippen LogP contribution in [0.1, 0.15) is 22.1 Å².